The number of halogens is 2. The van der Waals surface area contributed by atoms with Crippen LogP contribution in [-0.4, -0.2) is 19.1 Å². The van der Waals surface area contributed by atoms with Gasteiger partial charge in [-0.15, -0.1) is 0 Å². The first kappa shape index (κ1) is 18.1. The lowest BCUT2D eigenvalue weighted by atomic mass is 10.1. The molecule has 0 aliphatic heterocycles. The maximum absolute atomic E-state index is 13.7. The maximum atomic E-state index is 13.7. The molecule has 128 valence electrons. The van der Waals surface area contributed by atoms with Crippen LogP contribution in [0.15, 0.2) is 36.4 Å². The minimum Gasteiger partial charge on any atom is -0.490 e. The predicted molar refractivity (Wildman–Crippen MR) is 92.8 cm³/mol. The van der Waals surface area contributed by atoms with E-state index >= 15 is 0 Å². The third kappa shape index (κ3) is 4.61. The van der Waals surface area contributed by atoms with E-state index in [2.05, 4.69) is 5.32 Å². The molecule has 2 aromatic carbocycles. The molecule has 0 atom stereocenters. The zero-order valence-electron chi connectivity index (χ0n) is 13.6. The van der Waals surface area contributed by atoms with E-state index < -0.39 is 11.7 Å². The Hall–Kier alpha value is -2.27. The highest BCUT2D eigenvalue weighted by atomic mass is 35.5. The molecule has 2 rings (SSSR count). The van der Waals surface area contributed by atoms with E-state index in [1.807, 2.05) is 13.8 Å². The highest BCUT2D eigenvalue weighted by Gasteiger charge is 2.14. The smallest absolute Gasteiger partial charge is 0.255 e. The number of carbonyl (C=O) groups is 1. The largest absolute Gasteiger partial charge is 0.490 e. The SMILES string of the molecule is CCCOc1ccc(C(=O)Nc2cc(Cl)ccc2F)cc1OCC. The van der Waals surface area contributed by atoms with E-state index in [1.54, 1.807) is 18.2 Å². The first-order valence-corrected chi connectivity index (χ1v) is 8.09. The Bertz CT molecular complexity index is 721. The molecule has 6 heteroatoms. The molecule has 0 aromatic heterocycles. The van der Waals surface area contributed by atoms with Crippen molar-refractivity contribution in [3.05, 3.63) is 52.8 Å². The van der Waals surface area contributed by atoms with Gasteiger partial charge in [-0.1, -0.05) is 18.5 Å². The minimum atomic E-state index is -0.555. The van der Waals surface area contributed by atoms with Gasteiger partial charge >= 0.3 is 0 Å². The number of benzene rings is 2. The van der Waals surface area contributed by atoms with Gasteiger partial charge in [-0.2, -0.15) is 0 Å². The number of nitrogens with one attached hydrogen (secondary N) is 1. The third-order valence-corrected chi connectivity index (χ3v) is 3.38. The average Bonchev–Trinajstić information content (AvgIpc) is 2.57. The lowest BCUT2D eigenvalue weighted by molar-refractivity contribution is 0.102. The first-order valence-electron chi connectivity index (χ1n) is 7.71. The van der Waals surface area contributed by atoms with Crippen LogP contribution in [0.2, 0.25) is 5.02 Å². The van der Waals surface area contributed by atoms with Crippen LogP contribution in [0, 0.1) is 5.82 Å². The summed E-state index contributed by atoms with van der Waals surface area (Å²) in [6, 6.07) is 8.82. The van der Waals surface area contributed by atoms with Crippen LogP contribution in [0.1, 0.15) is 30.6 Å². The average molecular weight is 352 g/mol. The summed E-state index contributed by atoms with van der Waals surface area (Å²) in [4.78, 5) is 12.3. The summed E-state index contributed by atoms with van der Waals surface area (Å²) in [5.74, 6) is 0.0363. The van der Waals surface area contributed by atoms with Gasteiger partial charge in [-0.05, 0) is 49.7 Å². The fraction of sp³-hybridized carbons (Fsp3) is 0.278. The van der Waals surface area contributed by atoms with E-state index in [-0.39, 0.29) is 5.69 Å². The van der Waals surface area contributed by atoms with E-state index in [4.69, 9.17) is 21.1 Å². The summed E-state index contributed by atoms with van der Waals surface area (Å²) < 4.78 is 24.8. The van der Waals surface area contributed by atoms with Crippen LogP contribution in [0.5, 0.6) is 11.5 Å². The summed E-state index contributed by atoms with van der Waals surface area (Å²) in [5.41, 5.74) is 0.360. The van der Waals surface area contributed by atoms with E-state index in [0.29, 0.717) is 35.3 Å². The molecule has 0 fully saturated rings. The Kier molecular flexibility index (Phi) is 6.44. The van der Waals surface area contributed by atoms with Gasteiger partial charge in [-0.3, -0.25) is 4.79 Å². The highest BCUT2D eigenvalue weighted by molar-refractivity contribution is 6.31. The van der Waals surface area contributed by atoms with Crippen molar-refractivity contribution in [2.75, 3.05) is 18.5 Å². The van der Waals surface area contributed by atoms with Gasteiger partial charge in [0.1, 0.15) is 5.82 Å². The molecule has 0 aliphatic carbocycles. The number of ether oxygens (including phenoxy) is 2. The second-order valence-corrected chi connectivity index (χ2v) is 5.46. The summed E-state index contributed by atoms with van der Waals surface area (Å²) in [7, 11) is 0. The van der Waals surface area contributed by atoms with Crippen molar-refractivity contribution in [3.63, 3.8) is 0 Å². The molecule has 0 aliphatic rings. The van der Waals surface area contributed by atoms with Crippen LogP contribution >= 0.6 is 11.6 Å². The van der Waals surface area contributed by atoms with Gasteiger partial charge in [0.15, 0.2) is 11.5 Å². The summed E-state index contributed by atoms with van der Waals surface area (Å²) in [5, 5.41) is 2.84. The van der Waals surface area contributed by atoms with Crippen molar-refractivity contribution in [1.29, 1.82) is 0 Å². The number of hydrogen-bond donors (Lipinski definition) is 1. The van der Waals surface area contributed by atoms with Crippen molar-refractivity contribution >= 4 is 23.2 Å². The molecule has 0 saturated heterocycles. The van der Waals surface area contributed by atoms with Gasteiger partial charge in [0.2, 0.25) is 0 Å². The van der Waals surface area contributed by atoms with E-state index in [1.165, 1.54) is 18.2 Å². The van der Waals surface area contributed by atoms with Crippen molar-refractivity contribution in [1.82, 2.24) is 0 Å². The Morgan fingerprint density at radius 2 is 1.92 bits per heavy atom. The van der Waals surface area contributed by atoms with Gasteiger partial charge in [0.25, 0.3) is 5.91 Å². The van der Waals surface area contributed by atoms with Crippen LogP contribution in [-0.2, 0) is 0 Å². The highest BCUT2D eigenvalue weighted by Crippen LogP contribution is 2.29. The molecule has 1 N–H and O–H groups in total. The Morgan fingerprint density at radius 1 is 1.12 bits per heavy atom. The summed E-state index contributed by atoms with van der Waals surface area (Å²) >= 11 is 5.83. The second kappa shape index (κ2) is 8.55. The topological polar surface area (TPSA) is 47.6 Å². The van der Waals surface area contributed by atoms with Gasteiger partial charge < -0.3 is 14.8 Å². The molecule has 0 unspecified atom stereocenters. The number of rotatable bonds is 7. The molecule has 24 heavy (non-hydrogen) atoms. The number of amides is 1. The fourth-order valence-corrected chi connectivity index (χ4v) is 2.21. The number of carbonyl (C=O) groups excluding carboxylic acids is 1. The predicted octanol–water partition coefficient (Wildman–Crippen LogP) is 4.92. The molecule has 0 heterocycles. The van der Waals surface area contributed by atoms with Crippen molar-refractivity contribution < 1.29 is 18.7 Å². The second-order valence-electron chi connectivity index (χ2n) is 5.02. The zero-order chi connectivity index (χ0) is 17.5. The zero-order valence-corrected chi connectivity index (χ0v) is 14.3. The van der Waals surface area contributed by atoms with Crippen LogP contribution in [0.25, 0.3) is 0 Å². The van der Waals surface area contributed by atoms with Crippen molar-refractivity contribution in [2.24, 2.45) is 0 Å². The minimum absolute atomic E-state index is 0.0248. The Balaban J connectivity index is 2.22. The molecule has 0 spiro atoms. The maximum Gasteiger partial charge on any atom is 0.255 e. The van der Waals surface area contributed by atoms with Gasteiger partial charge in [0, 0.05) is 10.6 Å². The fourth-order valence-electron chi connectivity index (χ4n) is 2.04. The summed E-state index contributed by atoms with van der Waals surface area (Å²) in [6.07, 6.45) is 0.863. The lowest BCUT2D eigenvalue weighted by Gasteiger charge is -2.13. The van der Waals surface area contributed by atoms with Crippen molar-refractivity contribution in [3.8, 4) is 11.5 Å². The Labute approximate surface area is 145 Å². The normalized spacial score (nSPS) is 10.3. The monoisotopic (exact) mass is 351 g/mol. The number of anilines is 1. The van der Waals surface area contributed by atoms with Crippen molar-refractivity contribution in [2.45, 2.75) is 20.3 Å². The molecule has 0 bridgehead atoms. The van der Waals surface area contributed by atoms with Crippen LogP contribution < -0.4 is 14.8 Å². The first-order chi connectivity index (χ1) is 11.5. The molecular formula is C18H19ClFNO3. The van der Waals surface area contributed by atoms with Crippen LogP contribution in [0.4, 0.5) is 10.1 Å². The van der Waals surface area contributed by atoms with E-state index in [9.17, 15) is 9.18 Å². The molecule has 4 nitrogen and oxygen atoms in total. The summed E-state index contributed by atoms with van der Waals surface area (Å²) in [6.45, 7) is 4.84. The van der Waals surface area contributed by atoms with Crippen LogP contribution in [0.3, 0.4) is 0 Å². The standard InChI is InChI=1S/C18H19ClFNO3/c1-3-9-24-16-8-5-12(10-17(16)23-4-2)18(22)21-15-11-13(19)6-7-14(15)20/h5-8,10-11H,3-4,9H2,1-2H3,(H,21,22). The Morgan fingerprint density at radius 3 is 2.62 bits per heavy atom. The lowest BCUT2D eigenvalue weighted by Crippen LogP contribution is -2.13. The quantitative estimate of drug-likeness (QED) is 0.770. The molecule has 2 aromatic rings. The molecule has 1 amide bonds. The van der Waals surface area contributed by atoms with Gasteiger partial charge in [-0.25, -0.2) is 4.39 Å². The molecule has 0 saturated carbocycles. The van der Waals surface area contributed by atoms with E-state index in [0.717, 1.165) is 6.42 Å². The third-order valence-electron chi connectivity index (χ3n) is 3.14. The molecule has 0 radical (unpaired) electrons. The van der Waals surface area contributed by atoms with Gasteiger partial charge in [0.05, 0.1) is 18.9 Å². The number of hydrogen-bond acceptors (Lipinski definition) is 3. The molecular weight excluding hydrogens is 333 g/mol.